The molecule has 0 spiro atoms. The molecule has 62 valence electrons. The quantitative estimate of drug-likeness (QED) is 0.583. The fourth-order valence-corrected chi connectivity index (χ4v) is 0.507. The second-order valence-electron chi connectivity index (χ2n) is 2.56. The van der Waals surface area contributed by atoms with Gasteiger partial charge in [0.2, 0.25) is 0 Å². The van der Waals surface area contributed by atoms with Crippen LogP contribution in [0, 0.1) is 0 Å². The second kappa shape index (κ2) is 4.66. The van der Waals surface area contributed by atoms with Gasteiger partial charge in [0.15, 0.2) is 0 Å². The van der Waals surface area contributed by atoms with Crippen LogP contribution in [0.2, 0.25) is 0 Å². The Bertz CT molecular complexity index is 81.7. The number of methoxy groups -OCH3 is 1. The van der Waals surface area contributed by atoms with E-state index in [1.165, 1.54) is 0 Å². The molecule has 0 radical (unpaired) electrons. The number of rotatable bonds is 5. The average Bonchev–Trinajstić information content (AvgIpc) is 2.00. The van der Waals surface area contributed by atoms with Gasteiger partial charge >= 0.3 is 0 Å². The second-order valence-corrected chi connectivity index (χ2v) is 2.56. The van der Waals surface area contributed by atoms with Crippen molar-refractivity contribution in [2.75, 3.05) is 20.4 Å². The molecule has 3 nitrogen and oxygen atoms in total. The first-order valence-corrected chi connectivity index (χ1v) is 3.51. The normalized spacial score (nSPS) is 16.8. The van der Waals surface area contributed by atoms with Gasteiger partial charge in [-0.15, -0.1) is 0 Å². The lowest BCUT2D eigenvalue weighted by Crippen LogP contribution is -2.37. The van der Waals surface area contributed by atoms with Crippen LogP contribution in [0.1, 0.15) is 20.3 Å². The smallest absolute Gasteiger partial charge is 0.147 e. The van der Waals surface area contributed by atoms with E-state index in [2.05, 4.69) is 0 Å². The Hall–Kier alpha value is -0.120. The van der Waals surface area contributed by atoms with Crippen molar-refractivity contribution < 1.29 is 9.47 Å². The van der Waals surface area contributed by atoms with Crippen molar-refractivity contribution in [2.24, 2.45) is 5.73 Å². The summed E-state index contributed by atoms with van der Waals surface area (Å²) in [6.45, 7) is 4.88. The number of hydrogen-bond acceptors (Lipinski definition) is 3. The molecule has 10 heavy (non-hydrogen) atoms. The lowest BCUT2D eigenvalue weighted by atomic mass is 10.0. The monoisotopic (exact) mass is 147 g/mol. The molecule has 0 rings (SSSR count). The largest absolute Gasteiger partial charge is 0.359 e. The topological polar surface area (TPSA) is 44.5 Å². The molecule has 0 saturated heterocycles. The Morgan fingerprint density at radius 1 is 1.50 bits per heavy atom. The van der Waals surface area contributed by atoms with Crippen LogP contribution in [0.3, 0.4) is 0 Å². The summed E-state index contributed by atoms with van der Waals surface area (Å²) in [5.74, 6) is 0. The van der Waals surface area contributed by atoms with Crippen LogP contribution < -0.4 is 5.73 Å². The maximum absolute atomic E-state index is 5.48. The number of ether oxygens (including phenoxy) is 2. The molecule has 1 atom stereocenters. The summed E-state index contributed by atoms with van der Waals surface area (Å²) in [6.07, 6.45) is 0.910. The van der Waals surface area contributed by atoms with Crippen molar-refractivity contribution in [3.05, 3.63) is 0 Å². The van der Waals surface area contributed by atoms with Crippen molar-refractivity contribution in [1.29, 1.82) is 0 Å². The fraction of sp³-hybridized carbons (Fsp3) is 1.00. The summed E-state index contributed by atoms with van der Waals surface area (Å²) in [7, 11) is 1.60. The number of nitrogens with two attached hydrogens (primary N) is 1. The molecule has 0 aromatic heterocycles. The molecule has 0 bridgehead atoms. The minimum absolute atomic E-state index is 0.212. The molecule has 0 saturated carbocycles. The summed E-state index contributed by atoms with van der Waals surface area (Å²) in [6, 6.07) is 0. The summed E-state index contributed by atoms with van der Waals surface area (Å²) < 4.78 is 10.1. The third kappa shape index (κ3) is 3.15. The number of hydrogen-bond donors (Lipinski definition) is 1. The zero-order valence-electron chi connectivity index (χ0n) is 7.02. The van der Waals surface area contributed by atoms with E-state index >= 15 is 0 Å². The van der Waals surface area contributed by atoms with E-state index < -0.39 is 0 Å². The maximum Gasteiger partial charge on any atom is 0.147 e. The Balaban J connectivity index is 3.58. The highest BCUT2D eigenvalue weighted by atomic mass is 16.7. The minimum Gasteiger partial charge on any atom is -0.359 e. The SMILES string of the molecule is CCC(C)(CN)OCOC. The van der Waals surface area contributed by atoms with Gasteiger partial charge in [-0.2, -0.15) is 0 Å². The molecule has 0 amide bonds. The molecule has 0 heterocycles. The summed E-state index contributed by atoms with van der Waals surface area (Å²) >= 11 is 0. The Labute approximate surface area is 62.5 Å². The molecule has 0 aliphatic carbocycles. The van der Waals surface area contributed by atoms with E-state index in [0.29, 0.717) is 13.3 Å². The standard InChI is InChI=1S/C7H17NO2/c1-4-7(2,5-8)10-6-9-3/h4-6,8H2,1-3H3. The van der Waals surface area contributed by atoms with Crippen LogP contribution in [0.25, 0.3) is 0 Å². The van der Waals surface area contributed by atoms with E-state index in [-0.39, 0.29) is 5.60 Å². The Kier molecular flexibility index (Phi) is 4.60. The molecule has 0 aliphatic heterocycles. The van der Waals surface area contributed by atoms with E-state index in [1.54, 1.807) is 7.11 Å². The third-order valence-electron chi connectivity index (χ3n) is 1.70. The van der Waals surface area contributed by atoms with Gasteiger partial charge in [-0.05, 0) is 13.3 Å². The Morgan fingerprint density at radius 2 is 2.10 bits per heavy atom. The zero-order chi connectivity index (χ0) is 8.04. The molecule has 0 fully saturated rings. The van der Waals surface area contributed by atoms with Gasteiger partial charge in [-0.25, -0.2) is 0 Å². The highest BCUT2D eigenvalue weighted by molar-refractivity contribution is 4.72. The molecule has 0 aromatic rings. The van der Waals surface area contributed by atoms with Gasteiger partial charge in [-0.1, -0.05) is 6.92 Å². The van der Waals surface area contributed by atoms with Crippen LogP contribution in [-0.2, 0) is 9.47 Å². The first-order valence-electron chi connectivity index (χ1n) is 3.51. The predicted octanol–water partition coefficient (Wildman–Crippen LogP) is 0.734. The molecule has 1 unspecified atom stereocenters. The Morgan fingerprint density at radius 3 is 2.40 bits per heavy atom. The van der Waals surface area contributed by atoms with Gasteiger partial charge in [-0.3, -0.25) is 0 Å². The van der Waals surface area contributed by atoms with Crippen molar-refractivity contribution in [2.45, 2.75) is 25.9 Å². The van der Waals surface area contributed by atoms with Crippen molar-refractivity contribution in [3.63, 3.8) is 0 Å². The van der Waals surface area contributed by atoms with E-state index in [4.69, 9.17) is 15.2 Å². The highest BCUT2D eigenvalue weighted by Gasteiger charge is 2.19. The van der Waals surface area contributed by atoms with Crippen LogP contribution in [0.4, 0.5) is 0 Å². The van der Waals surface area contributed by atoms with E-state index in [0.717, 1.165) is 6.42 Å². The van der Waals surface area contributed by atoms with Gasteiger partial charge < -0.3 is 15.2 Å². The lowest BCUT2D eigenvalue weighted by Gasteiger charge is -2.25. The fourth-order valence-electron chi connectivity index (χ4n) is 0.507. The molecule has 3 heteroatoms. The van der Waals surface area contributed by atoms with E-state index in [1.807, 2.05) is 13.8 Å². The zero-order valence-corrected chi connectivity index (χ0v) is 7.02. The maximum atomic E-state index is 5.48. The molecule has 0 aliphatic rings. The van der Waals surface area contributed by atoms with Gasteiger partial charge in [0.1, 0.15) is 6.79 Å². The highest BCUT2D eigenvalue weighted by Crippen LogP contribution is 2.12. The first kappa shape index (κ1) is 9.88. The molecule has 0 aromatic carbocycles. The van der Waals surface area contributed by atoms with Crippen LogP contribution in [0.5, 0.6) is 0 Å². The lowest BCUT2D eigenvalue weighted by molar-refractivity contribution is -0.119. The molecule has 2 N–H and O–H groups in total. The van der Waals surface area contributed by atoms with Crippen LogP contribution in [0.15, 0.2) is 0 Å². The van der Waals surface area contributed by atoms with Gasteiger partial charge in [0.05, 0.1) is 5.60 Å². The van der Waals surface area contributed by atoms with Gasteiger partial charge in [0.25, 0.3) is 0 Å². The van der Waals surface area contributed by atoms with E-state index in [9.17, 15) is 0 Å². The molecular formula is C7H17NO2. The van der Waals surface area contributed by atoms with Gasteiger partial charge in [0, 0.05) is 13.7 Å². The predicted molar refractivity (Wildman–Crippen MR) is 40.7 cm³/mol. The van der Waals surface area contributed by atoms with Crippen molar-refractivity contribution >= 4 is 0 Å². The third-order valence-corrected chi connectivity index (χ3v) is 1.70. The van der Waals surface area contributed by atoms with Crippen LogP contribution in [-0.4, -0.2) is 26.0 Å². The average molecular weight is 147 g/mol. The summed E-state index contributed by atoms with van der Waals surface area (Å²) in [5.41, 5.74) is 5.27. The summed E-state index contributed by atoms with van der Waals surface area (Å²) in [4.78, 5) is 0. The first-order chi connectivity index (χ1) is 4.68. The minimum atomic E-state index is -0.212. The van der Waals surface area contributed by atoms with Crippen molar-refractivity contribution in [1.82, 2.24) is 0 Å². The molecular weight excluding hydrogens is 130 g/mol. The van der Waals surface area contributed by atoms with Crippen molar-refractivity contribution in [3.8, 4) is 0 Å². The summed E-state index contributed by atoms with van der Waals surface area (Å²) in [5, 5.41) is 0. The van der Waals surface area contributed by atoms with Crippen LogP contribution >= 0.6 is 0 Å².